The van der Waals surface area contributed by atoms with Crippen molar-refractivity contribution < 1.29 is 4.79 Å². The van der Waals surface area contributed by atoms with E-state index in [-0.39, 0.29) is 5.91 Å². The highest BCUT2D eigenvalue weighted by molar-refractivity contribution is 9.10. The van der Waals surface area contributed by atoms with Gasteiger partial charge in [0.15, 0.2) is 0 Å². The van der Waals surface area contributed by atoms with E-state index in [1.54, 1.807) is 0 Å². The lowest BCUT2D eigenvalue weighted by Gasteiger charge is -2.32. The Morgan fingerprint density at radius 2 is 2.41 bits per heavy atom. The molecule has 2 rings (SSSR count). The topological polar surface area (TPSA) is 20.3 Å². The van der Waals surface area contributed by atoms with Crippen LogP contribution in [0.5, 0.6) is 0 Å². The van der Waals surface area contributed by atoms with E-state index in [9.17, 15) is 4.79 Å². The van der Waals surface area contributed by atoms with E-state index in [1.807, 2.05) is 16.3 Å². The molecule has 0 aromatic carbocycles. The molecule has 1 aromatic rings. The highest BCUT2D eigenvalue weighted by atomic mass is 79.9. The minimum atomic E-state index is 0.186. The number of piperidine rings is 1. The van der Waals surface area contributed by atoms with Crippen LogP contribution in [0.15, 0.2) is 15.9 Å². The van der Waals surface area contributed by atoms with Gasteiger partial charge in [-0.3, -0.25) is 4.79 Å². The first-order valence-electron chi connectivity index (χ1n) is 5.80. The molecule has 17 heavy (non-hydrogen) atoms. The Morgan fingerprint density at radius 1 is 1.59 bits per heavy atom. The van der Waals surface area contributed by atoms with Crippen LogP contribution in [0.3, 0.4) is 0 Å². The lowest BCUT2D eigenvalue weighted by atomic mass is 9.95. The number of thiophene rings is 1. The van der Waals surface area contributed by atoms with E-state index in [0.717, 1.165) is 40.6 Å². The van der Waals surface area contributed by atoms with Crippen molar-refractivity contribution in [3.8, 4) is 0 Å². The molecule has 1 fully saturated rings. The van der Waals surface area contributed by atoms with Gasteiger partial charge >= 0.3 is 0 Å². The second-order valence-corrected chi connectivity index (χ2v) is 6.90. The average Bonchev–Trinajstić information content (AvgIpc) is 2.75. The van der Waals surface area contributed by atoms with Gasteiger partial charge in [0.1, 0.15) is 4.88 Å². The fraction of sp³-hybridized carbons (Fsp3) is 0.583. The zero-order valence-electron chi connectivity index (χ0n) is 9.49. The molecule has 1 amide bonds. The zero-order chi connectivity index (χ0) is 12.3. The Kier molecular flexibility index (Phi) is 5.06. The summed E-state index contributed by atoms with van der Waals surface area (Å²) < 4.78 is 0.926. The van der Waals surface area contributed by atoms with Gasteiger partial charge in [0.2, 0.25) is 0 Å². The molecule has 1 unspecified atom stereocenters. The largest absolute Gasteiger partial charge is 0.338 e. The molecule has 0 spiro atoms. The van der Waals surface area contributed by atoms with E-state index in [0.29, 0.717) is 5.92 Å². The molecule has 2 heterocycles. The lowest BCUT2D eigenvalue weighted by molar-refractivity contribution is 0.0676. The smallest absolute Gasteiger partial charge is 0.265 e. The van der Waals surface area contributed by atoms with E-state index >= 15 is 0 Å². The van der Waals surface area contributed by atoms with Gasteiger partial charge in [0.05, 0.1) is 0 Å². The Hall–Kier alpha value is 0.130. The number of amides is 1. The predicted octanol–water partition coefficient (Wildman–Crippen LogP) is 4.15. The van der Waals surface area contributed by atoms with Crippen molar-refractivity contribution in [1.82, 2.24) is 4.90 Å². The fourth-order valence-electron chi connectivity index (χ4n) is 2.23. The summed E-state index contributed by atoms with van der Waals surface area (Å²) in [5.74, 6) is 0.844. The second kappa shape index (κ2) is 6.34. The molecular formula is C12H15Br2NOS. The highest BCUT2D eigenvalue weighted by Crippen LogP contribution is 2.27. The predicted molar refractivity (Wildman–Crippen MR) is 79.1 cm³/mol. The van der Waals surface area contributed by atoms with Crippen molar-refractivity contribution in [3.63, 3.8) is 0 Å². The average molecular weight is 381 g/mol. The zero-order valence-corrected chi connectivity index (χ0v) is 13.5. The Labute approximate surface area is 123 Å². The third-order valence-electron chi connectivity index (χ3n) is 3.13. The normalized spacial score (nSPS) is 20.6. The molecule has 1 aliphatic heterocycles. The van der Waals surface area contributed by atoms with Gasteiger partial charge in [0.25, 0.3) is 5.91 Å². The second-order valence-electron chi connectivity index (χ2n) is 4.33. The number of carbonyl (C=O) groups is 1. The van der Waals surface area contributed by atoms with Gasteiger partial charge in [-0.15, -0.1) is 11.3 Å². The Balaban J connectivity index is 2.02. The van der Waals surface area contributed by atoms with Crippen molar-refractivity contribution >= 4 is 49.1 Å². The highest BCUT2D eigenvalue weighted by Gasteiger charge is 2.25. The van der Waals surface area contributed by atoms with Gasteiger partial charge in [-0.05, 0) is 52.6 Å². The van der Waals surface area contributed by atoms with Gasteiger partial charge in [0, 0.05) is 22.9 Å². The minimum Gasteiger partial charge on any atom is -0.338 e. The summed E-state index contributed by atoms with van der Waals surface area (Å²) in [6.07, 6.45) is 3.54. The molecule has 1 aliphatic rings. The monoisotopic (exact) mass is 379 g/mol. The Bertz CT molecular complexity index is 392. The number of likely N-dealkylation sites (tertiary alicyclic amines) is 1. The summed E-state index contributed by atoms with van der Waals surface area (Å²) >= 11 is 8.44. The SMILES string of the molecule is O=C(c1sccc1Br)N1CCCC(CCBr)C1. The van der Waals surface area contributed by atoms with Crippen LogP contribution in [-0.2, 0) is 0 Å². The van der Waals surface area contributed by atoms with Crippen molar-refractivity contribution in [2.75, 3.05) is 18.4 Å². The Morgan fingerprint density at radius 3 is 3.06 bits per heavy atom. The maximum atomic E-state index is 12.3. The van der Waals surface area contributed by atoms with Crippen molar-refractivity contribution in [2.24, 2.45) is 5.92 Å². The number of hydrogen-bond acceptors (Lipinski definition) is 2. The molecule has 0 bridgehead atoms. The van der Waals surface area contributed by atoms with Crippen LogP contribution in [0.4, 0.5) is 0 Å². The molecule has 0 radical (unpaired) electrons. The molecule has 0 aliphatic carbocycles. The van der Waals surface area contributed by atoms with Crippen molar-refractivity contribution in [2.45, 2.75) is 19.3 Å². The quantitative estimate of drug-likeness (QED) is 0.721. The van der Waals surface area contributed by atoms with Gasteiger partial charge in [-0.25, -0.2) is 0 Å². The van der Waals surface area contributed by atoms with E-state index in [2.05, 4.69) is 31.9 Å². The van der Waals surface area contributed by atoms with Crippen LogP contribution >= 0.6 is 43.2 Å². The van der Waals surface area contributed by atoms with Crippen LogP contribution in [-0.4, -0.2) is 29.2 Å². The first kappa shape index (κ1) is 13.6. The lowest BCUT2D eigenvalue weighted by Crippen LogP contribution is -2.39. The molecule has 5 heteroatoms. The van der Waals surface area contributed by atoms with Gasteiger partial charge in [-0.2, -0.15) is 0 Å². The summed E-state index contributed by atoms with van der Waals surface area (Å²) in [7, 11) is 0. The molecule has 1 atom stereocenters. The summed E-state index contributed by atoms with van der Waals surface area (Å²) in [6, 6.07) is 1.94. The number of alkyl halides is 1. The third kappa shape index (κ3) is 3.32. The van der Waals surface area contributed by atoms with Crippen molar-refractivity contribution in [3.05, 3.63) is 20.8 Å². The molecule has 0 saturated carbocycles. The van der Waals surface area contributed by atoms with E-state index < -0.39 is 0 Å². The number of nitrogens with zero attached hydrogens (tertiary/aromatic N) is 1. The number of halogens is 2. The van der Waals surface area contributed by atoms with Gasteiger partial charge < -0.3 is 4.90 Å². The van der Waals surface area contributed by atoms with Crippen LogP contribution in [0, 0.1) is 5.92 Å². The molecule has 1 aromatic heterocycles. The maximum Gasteiger partial charge on any atom is 0.265 e. The molecule has 2 nitrogen and oxygen atoms in total. The summed E-state index contributed by atoms with van der Waals surface area (Å²) in [6.45, 7) is 1.82. The van der Waals surface area contributed by atoms with E-state index in [1.165, 1.54) is 17.8 Å². The third-order valence-corrected chi connectivity index (χ3v) is 5.42. The van der Waals surface area contributed by atoms with Crippen LogP contribution in [0.2, 0.25) is 0 Å². The summed E-state index contributed by atoms with van der Waals surface area (Å²) in [4.78, 5) is 15.2. The molecular weight excluding hydrogens is 366 g/mol. The standard InChI is InChI=1S/C12H15Br2NOS/c13-5-3-9-2-1-6-15(8-9)12(16)11-10(14)4-7-17-11/h4,7,9H,1-3,5-6,8H2. The fourth-order valence-corrected chi connectivity index (χ4v) is 4.38. The number of rotatable bonds is 3. The first-order chi connectivity index (χ1) is 8.22. The molecule has 1 saturated heterocycles. The minimum absolute atomic E-state index is 0.186. The molecule has 0 N–H and O–H groups in total. The summed E-state index contributed by atoms with van der Waals surface area (Å²) in [5.41, 5.74) is 0. The number of carbonyl (C=O) groups excluding carboxylic acids is 1. The van der Waals surface area contributed by atoms with Crippen LogP contribution < -0.4 is 0 Å². The van der Waals surface area contributed by atoms with E-state index in [4.69, 9.17) is 0 Å². The first-order valence-corrected chi connectivity index (χ1v) is 8.60. The van der Waals surface area contributed by atoms with Gasteiger partial charge in [-0.1, -0.05) is 15.9 Å². The van der Waals surface area contributed by atoms with Crippen LogP contribution in [0.25, 0.3) is 0 Å². The van der Waals surface area contributed by atoms with Crippen molar-refractivity contribution in [1.29, 1.82) is 0 Å². The number of hydrogen-bond donors (Lipinski definition) is 0. The summed E-state index contributed by atoms with van der Waals surface area (Å²) in [5, 5.41) is 2.99. The maximum absolute atomic E-state index is 12.3. The molecule has 94 valence electrons. The van der Waals surface area contributed by atoms with Crippen LogP contribution in [0.1, 0.15) is 28.9 Å².